The van der Waals surface area contributed by atoms with Crippen LogP contribution in [0.1, 0.15) is 51.8 Å². The largest absolute Gasteiger partial charge is 0.396 e. The average Bonchev–Trinajstić information content (AvgIpc) is 2.52. The van der Waals surface area contributed by atoms with Gasteiger partial charge in [0.05, 0.1) is 0 Å². The van der Waals surface area contributed by atoms with E-state index in [1.807, 2.05) is 6.07 Å². The van der Waals surface area contributed by atoms with Crippen molar-refractivity contribution in [2.24, 2.45) is 5.92 Å². The van der Waals surface area contributed by atoms with E-state index in [0.29, 0.717) is 11.8 Å². The molecular formula is C16H28N4O. The van der Waals surface area contributed by atoms with Crippen LogP contribution in [-0.4, -0.2) is 41.3 Å². The number of anilines is 2. The van der Waals surface area contributed by atoms with E-state index in [-0.39, 0.29) is 6.61 Å². The molecule has 0 bridgehead atoms. The van der Waals surface area contributed by atoms with E-state index in [4.69, 9.17) is 4.98 Å². The third kappa shape index (κ3) is 4.30. The van der Waals surface area contributed by atoms with E-state index in [1.165, 1.54) is 0 Å². The lowest BCUT2D eigenvalue weighted by molar-refractivity contribution is 0.208. The number of aromatic nitrogens is 2. The van der Waals surface area contributed by atoms with Crippen LogP contribution in [0.5, 0.6) is 0 Å². The molecular weight excluding hydrogens is 264 g/mol. The highest BCUT2D eigenvalue weighted by atomic mass is 16.3. The topological polar surface area (TPSA) is 61.3 Å². The minimum Gasteiger partial charge on any atom is -0.396 e. The van der Waals surface area contributed by atoms with Crippen molar-refractivity contribution in [2.45, 2.75) is 46.0 Å². The van der Waals surface area contributed by atoms with E-state index in [0.717, 1.165) is 56.4 Å². The molecule has 1 aromatic heterocycles. The van der Waals surface area contributed by atoms with Crippen molar-refractivity contribution in [1.29, 1.82) is 0 Å². The fourth-order valence-electron chi connectivity index (χ4n) is 2.64. The van der Waals surface area contributed by atoms with E-state index >= 15 is 0 Å². The molecule has 0 radical (unpaired) electrons. The van der Waals surface area contributed by atoms with Gasteiger partial charge in [0, 0.05) is 38.2 Å². The summed E-state index contributed by atoms with van der Waals surface area (Å²) >= 11 is 0. The first kappa shape index (κ1) is 16.0. The fraction of sp³-hybridized carbons (Fsp3) is 0.750. The quantitative estimate of drug-likeness (QED) is 0.844. The SMILES string of the molecule is CCCNc1cc(N2CCCC(CO)C2)nc(C(C)C)n1. The molecule has 1 saturated heterocycles. The second kappa shape index (κ2) is 7.59. The Labute approximate surface area is 127 Å². The Bertz CT molecular complexity index is 450. The maximum atomic E-state index is 9.40. The van der Waals surface area contributed by atoms with Crippen LogP contribution in [0.2, 0.25) is 0 Å². The standard InChI is InChI=1S/C16H28N4O/c1-4-7-17-14-9-15(19-16(18-14)12(2)3)20-8-5-6-13(10-20)11-21/h9,12-13,21H,4-8,10-11H2,1-3H3,(H,17,18,19). The molecule has 0 aromatic carbocycles. The predicted molar refractivity (Wildman–Crippen MR) is 86.9 cm³/mol. The number of nitrogens with zero attached hydrogens (tertiary/aromatic N) is 3. The number of nitrogens with one attached hydrogen (secondary N) is 1. The van der Waals surface area contributed by atoms with Crippen LogP contribution in [0.4, 0.5) is 11.6 Å². The molecule has 2 N–H and O–H groups in total. The van der Waals surface area contributed by atoms with E-state index in [2.05, 4.69) is 36.0 Å². The molecule has 2 rings (SSSR count). The van der Waals surface area contributed by atoms with Gasteiger partial charge in [0.25, 0.3) is 0 Å². The molecule has 1 fully saturated rings. The third-order valence-electron chi connectivity index (χ3n) is 3.90. The van der Waals surface area contributed by atoms with Gasteiger partial charge in [-0.15, -0.1) is 0 Å². The Morgan fingerprint density at radius 1 is 1.43 bits per heavy atom. The molecule has 1 aromatic rings. The maximum absolute atomic E-state index is 9.40. The summed E-state index contributed by atoms with van der Waals surface area (Å²) in [4.78, 5) is 11.6. The molecule has 21 heavy (non-hydrogen) atoms. The smallest absolute Gasteiger partial charge is 0.135 e. The first-order valence-corrected chi connectivity index (χ1v) is 8.12. The van der Waals surface area contributed by atoms with Crippen molar-refractivity contribution in [3.05, 3.63) is 11.9 Å². The van der Waals surface area contributed by atoms with Crippen LogP contribution in [0, 0.1) is 5.92 Å². The van der Waals surface area contributed by atoms with Crippen LogP contribution in [0.3, 0.4) is 0 Å². The highest BCUT2D eigenvalue weighted by Gasteiger charge is 2.21. The maximum Gasteiger partial charge on any atom is 0.135 e. The summed E-state index contributed by atoms with van der Waals surface area (Å²) in [6.07, 6.45) is 3.30. The summed E-state index contributed by atoms with van der Waals surface area (Å²) in [5, 5.41) is 12.8. The van der Waals surface area contributed by atoms with Gasteiger partial charge in [-0.25, -0.2) is 9.97 Å². The molecule has 1 atom stereocenters. The molecule has 1 aliphatic heterocycles. The zero-order chi connectivity index (χ0) is 15.2. The minimum atomic E-state index is 0.263. The average molecular weight is 292 g/mol. The van der Waals surface area contributed by atoms with Gasteiger partial charge >= 0.3 is 0 Å². The number of aliphatic hydroxyl groups excluding tert-OH is 1. The normalized spacial score (nSPS) is 19.1. The summed E-state index contributed by atoms with van der Waals surface area (Å²) < 4.78 is 0. The monoisotopic (exact) mass is 292 g/mol. The zero-order valence-corrected chi connectivity index (χ0v) is 13.5. The molecule has 0 spiro atoms. The molecule has 5 nitrogen and oxygen atoms in total. The molecule has 0 amide bonds. The second-order valence-corrected chi connectivity index (χ2v) is 6.19. The highest BCUT2D eigenvalue weighted by molar-refractivity contribution is 5.50. The van der Waals surface area contributed by atoms with Crippen LogP contribution in [-0.2, 0) is 0 Å². The molecule has 118 valence electrons. The number of piperidine rings is 1. The van der Waals surface area contributed by atoms with Gasteiger partial charge in [0.1, 0.15) is 17.5 Å². The first-order chi connectivity index (χ1) is 10.1. The summed E-state index contributed by atoms with van der Waals surface area (Å²) in [7, 11) is 0. The van der Waals surface area contributed by atoms with Gasteiger partial charge in [-0.05, 0) is 25.2 Å². The fourth-order valence-corrected chi connectivity index (χ4v) is 2.64. The summed E-state index contributed by atoms with van der Waals surface area (Å²) in [6.45, 7) is 9.48. The predicted octanol–water partition coefficient (Wildman–Crippen LogP) is 2.63. The van der Waals surface area contributed by atoms with Crippen LogP contribution in [0.15, 0.2) is 6.07 Å². The van der Waals surface area contributed by atoms with E-state index in [9.17, 15) is 5.11 Å². The Balaban J connectivity index is 2.22. The Morgan fingerprint density at radius 3 is 2.90 bits per heavy atom. The summed E-state index contributed by atoms with van der Waals surface area (Å²) in [6, 6.07) is 2.04. The van der Waals surface area contributed by atoms with Gasteiger partial charge in [0.15, 0.2) is 0 Å². The van der Waals surface area contributed by atoms with Gasteiger partial charge in [-0.1, -0.05) is 20.8 Å². The Morgan fingerprint density at radius 2 is 2.24 bits per heavy atom. The van der Waals surface area contributed by atoms with Gasteiger partial charge < -0.3 is 15.3 Å². The lowest BCUT2D eigenvalue weighted by Crippen LogP contribution is -2.37. The first-order valence-electron chi connectivity index (χ1n) is 8.12. The minimum absolute atomic E-state index is 0.263. The van der Waals surface area contributed by atoms with E-state index in [1.54, 1.807) is 0 Å². The lowest BCUT2D eigenvalue weighted by Gasteiger charge is -2.33. The molecule has 0 aliphatic carbocycles. The molecule has 1 aliphatic rings. The molecule has 1 unspecified atom stereocenters. The van der Waals surface area contributed by atoms with Crippen LogP contribution in [0.25, 0.3) is 0 Å². The van der Waals surface area contributed by atoms with Crippen LogP contribution < -0.4 is 10.2 Å². The Hall–Kier alpha value is -1.36. The van der Waals surface area contributed by atoms with Crippen molar-refractivity contribution in [3.63, 3.8) is 0 Å². The number of aliphatic hydroxyl groups is 1. The van der Waals surface area contributed by atoms with Crippen molar-refractivity contribution in [3.8, 4) is 0 Å². The third-order valence-corrected chi connectivity index (χ3v) is 3.90. The zero-order valence-electron chi connectivity index (χ0n) is 13.5. The highest BCUT2D eigenvalue weighted by Crippen LogP contribution is 2.25. The van der Waals surface area contributed by atoms with Gasteiger partial charge in [-0.2, -0.15) is 0 Å². The summed E-state index contributed by atoms with van der Waals surface area (Å²) in [5.41, 5.74) is 0. The van der Waals surface area contributed by atoms with Crippen molar-refractivity contribution in [2.75, 3.05) is 36.5 Å². The molecule has 5 heteroatoms. The van der Waals surface area contributed by atoms with Gasteiger partial charge in [0.2, 0.25) is 0 Å². The van der Waals surface area contributed by atoms with Crippen LogP contribution >= 0.6 is 0 Å². The molecule has 0 saturated carbocycles. The number of hydrogen-bond donors (Lipinski definition) is 2. The van der Waals surface area contributed by atoms with Crippen molar-refractivity contribution >= 4 is 11.6 Å². The molecule has 2 heterocycles. The van der Waals surface area contributed by atoms with Gasteiger partial charge in [-0.3, -0.25) is 0 Å². The number of rotatable bonds is 6. The lowest BCUT2D eigenvalue weighted by atomic mass is 9.99. The number of hydrogen-bond acceptors (Lipinski definition) is 5. The second-order valence-electron chi connectivity index (χ2n) is 6.19. The summed E-state index contributed by atoms with van der Waals surface area (Å²) in [5.74, 6) is 3.47. The van der Waals surface area contributed by atoms with Crippen molar-refractivity contribution < 1.29 is 5.11 Å². The van der Waals surface area contributed by atoms with Crippen molar-refractivity contribution in [1.82, 2.24) is 9.97 Å². The Kier molecular flexibility index (Phi) is 5.79. The van der Waals surface area contributed by atoms with E-state index < -0.39 is 0 Å².